The number of likely N-dealkylation sites (tertiary alicyclic amines) is 1. The first-order chi connectivity index (χ1) is 17.4. The van der Waals surface area contributed by atoms with Crippen LogP contribution < -0.4 is 25.0 Å². The van der Waals surface area contributed by atoms with Gasteiger partial charge >= 0.3 is 0 Å². The number of allylic oxidation sites excluding steroid dienone is 1. The van der Waals surface area contributed by atoms with Gasteiger partial charge in [0.05, 0.1) is 29.2 Å². The van der Waals surface area contributed by atoms with Crippen LogP contribution in [0.25, 0.3) is 0 Å². The molecule has 0 aromatic heterocycles. The summed E-state index contributed by atoms with van der Waals surface area (Å²) >= 11 is 6.64. The first-order valence-electron chi connectivity index (χ1n) is 12.1. The SMILES string of the molecule is C=N/C(=C(Cl)\C=N/CNc1cc(NC)c(OC2CCN(C)C2)cc1OC)C1CN(C)c2ccccc21. The van der Waals surface area contributed by atoms with Gasteiger partial charge < -0.3 is 29.9 Å². The minimum absolute atomic E-state index is 0.0566. The number of hydrogen-bond acceptors (Lipinski definition) is 8. The lowest BCUT2D eigenvalue weighted by Crippen LogP contribution is -2.21. The highest BCUT2D eigenvalue weighted by Crippen LogP contribution is 2.41. The third kappa shape index (κ3) is 5.60. The van der Waals surface area contributed by atoms with Crippen molar-refractivity contribution in [2.75, 3.05) is 70.1 Å². The van der Waals surface area contributed by atoms with Gasteiger partial charge in [0.1, 0.15) is 24.3 Å². The van der Waals surface area contributed by atoms with E-state index >= 15 is 0 Å². The Labute approximate surface area is 218 Å². The summed E-state index contributed by atoms with van der Waals surface area (Å²) in [4.78, 5) is 13.2. The van der Waals surface area contributed by atoms with Crippen molar-refractivity contribution in [1.82, 2.24) is 4.90 Å². The van der Waals surface area contributed by atoms with E-state index in [1.165, 1.54) is 11.3 Å². The molecule has 9 heteroatoms. The molecule has 8 nitrogen and oxygen atoms in total. The van der Waals surface area contributed by atoms with Gasteiger partial charge in [-0.2, -0.15) is 0 Å². The van der Waals surface area contributed by atoms with Gasteiger partial charge in [-0.1, -0.05) is 29.8 Å². The second-order valence-corrected chi connectivity index (χ2v) is 9.53. The Hall–Kier alpha value is -3.23. The lowest BCUT2D eigenvalue weighted by atomic mass is 9.98. The van der Waals surface area contributed by atoms with Crippen LogP contribution in [0.2, 0.25) is 0 Å². The van der Waals surface area contributed by atoms with E-state index in [9.17, 15) is 0 Å². The summed E-state index contributed by atoms with van der Waals surface area (Å²) in [5, 5.41) is 7.01. The highest BCUT2D eigenvalue weighted by Gasteiger charge is 2.30. The van der Waals surface area contributed by atoms with E-state index < -0.39 is 0 Å². The van der Waals surface area contributed by atoms with Crippen LogP contribution >= 0.6 is 11.6 Å². The van der Waals surface area contributed by atoms with Crippen molar-refractivity contribution in [1.29, 1.82) is 0 Å². The number of methoxy groups -OCH3 is 1. The van der Waals surface area contributed by atoms with E-state index in [4.69, 9.17) is 21.1 Å². The lowest BCUT2D eigenvalue weighted by molar-refractivity contribution is 0.208. The van der Waals surface area contributed by atoms with Gasteiger partial charge in [0.2, 0.25) is 0 Å². The van der Waals surface area contributed by atoms with Gasteiger partial charge in [-0.15, -0.1) is 0 Å². The zero-order chi connectivity index (χ0) is 25.7. The Morgan fingerprint density at radius 1 is 1.19 bits per heavy atom. The fourth-order valence-electron chi connectivity index (χ4n) is 4.84. The number of likely N-dealkylation sites (N-methyl/N-ethyl adjacent to an activating group) is 2. The van der Waals surface area contributed by atoms with Crippen molar-refractivity contribution < 1.29 is 9.47 Å². The van der Waals surface area contributed by atoms with Crippen molar-refractivity contribution in [2.45, 2.75) is 18.4 Å². The summed E-state index contributed by atoms with van der Waals surface area (Å²) in [5.41, 5.74) is 4.81. The van der Waals surface area contributed by atoms with Gasteiger partial charge in [-0.3, -0.25) is 9.98 Å². The molecule has 192 valence electrons. The molecule has 0 radical (unpaired) electrons. The zero-order valence-electron chi connectivity index (χ0n) is 21.4. The number of para-hydroxylation sites is 1. The normalized spacial score (nSPS) is 20.3. The first-order valence-corrected chi connectivity index (χ1v) is 12.5. The van der Waals surface area contributed by atoms with Gasteiger partial charge in [-0.25, -0.2) is 0 Å². The molecule has 4 rings (SSSR count). The summed E-state index contributed by atoms with van der Waals surface area (Å²) in [5.74, 6) is 1.52. The summed E-state index contributed by atoms with van der Waals surface area (Å²) in [6.07, 6.45) is 2.82. The Morgan fingerprint density at radius 2 is 2.00 bits per heavy atom. The number of benzene rings is 2. The van der Waals surface area contributed by atoms with E-state index in [0.717, 1.165) is 48.9 Å². The molecule has 2 N–H and O–H groups in total. The van der Waals surface area contributed by atoms with E-state index in [0.29, 0.717) is 17.5 Å². The molecule has 0 bridgehead atoms. The van der Waals surface area contributed by atoms with Gasteiger partial charge in [-0.05, 0) is 37.9 Å². The quantitative estimate of drug-likeness (QED) is 0.453. The molecule has 1 fully saturated rings. The van der Waals surface area contributed by atoms with Crippen LogP contribution in [0.5, 0.6) is 11.5 Å². The fourth-order valence-corrected chi connectivity index (χ4v) is 5.10. The second kappa shape index (κ2) is 11.7. The van der Waals surface area contributed by atoms with E-state index in [-0.39, 0.29) is 12.0 Å². The van der Waals surface area contributed by atoms with Crippen molar-refractivity contribution in [3.63, 3.8) is 0 Å². The highest BCUT2D eigenvalue weighted by atomic mass is 35.5. The van der Waals surface area contributed by atoms with Crippen molar-refractivity contribution >= 4 is 41.6 Å². The number of anilines is 3. The van der Waals surface area contributed by atoms with Crippen LogP contribution in [0, 0.1) is 0 Å². The van der Waals surface area contributed by atoms with Gasteiger partial charge in [0, 0.05) is 57.6 Å². The van der Waals surface area contributed by atoms with Crippen LogP contribution in [-0.2, 0) is 0 Å². The average Bonchev–Trinajstić information content (AvgIpc) is 3.45. The standard InChI is InChI=1S/C27H35ClN6O2/c1-29-22-12-23(25(35-5)13-26(22)36-18-10-11-33(3)15-18)32-17-31-14-21(28)27(30-2)20-16-34(4)24-9-7-6-8-19(20)24/h6-9,12-14,18,20,29,32H,2,10-11,15-17H2,1,3-5H3/b27-21+,31-14-. The molecule has 2 aromatic rings. The number of halogens is 1. The van der Waals surface area contributed by atoms with Crippen molar-refractivity contribution in [3.8, 4) is 11.5 Å². The number of fused-ring (bicyclic) bond motifs is 1. The van der Waals surface area contributed by atoms with Crippen LogP contribution in [-0.4, -0.2) is 78.5 Å². The molecule has 1 saturated heterocycles. The summed E-state index contributed by atoms with van der Waals surface area (Å²) in [6.45, 7) is 6.83. The molecular weight excluding hydrogens is 476 g/mol. The lowest BCUT2D eigenvalue weighted by Gasteiger charge is -2.19. The van der Waals surface area contributed by atoms with Crippen LogP contribution in [0.4, 0.5) is 17.1 Å². The van der Waals surface area contributed by atoms with E-state index in [1.807, 2.05) is 31.3 Å². The van der Waals surface area contributed by atoms with Crippen LogP contribution in [0.15, 0.2) is 57.1 Å². The largest absolute Gasteiger partial charge is 0.494 e. The summed E-state index contributed by atoms with van der Waals surface area (Å²) in [7, 11) is 7.70. The molecule has 0 spiro atoms. The third-order valence-electron chi connectivity index (χ3n) is 6.70. The van der Waals surface area contributed by atoms with Gasteiger partial charge in [0.15, 0.2) is 0 Å². The van der Waals surface area contributed by atoms with Crippen LogP contribution in [0.3, 0.4) is 0 Å². The molecule has 2 aliphatic heterocycles. The number of nitrogens with zero attached hydrogens (tertiary/aromatic N) is 4. The topological polar surface area (TPSA) is 73.7 Å². The number of aliphatic imine (C=N–C) groups is 2. The van der Waals surface area contributed by atoms with Crippen molar-refractivity contribution in [3.05, 3.63) is 52.7 Å². The summed E-state index contributed by atoms with van der Waals surface area (Å²) in [6, 6.07) is 12.2. The van der Waals surface area contributed by atoms with Crippen LogP contribution in [0.1, 0.15) is 17.9 Å². The maximum absolute atomic E-state index is 6.64. The Morgan fingerprint density at radius 3 is 2.69 bits per heavy atom. The van der Waals surface area contributed by atoms with Crippen molar-refractivity contribution in [2.24, 2.45) is 9.98 Å². The predicted molar refractivity (Wildman–Crippen MR) is 151 cm³/mol. The smallest absolute Gasteiger partial charge is 0.146 e. The molecule has 0 saturated carbocycles. The Balaban J connectivity index is 1.45. The maximum atomic E-state index is 6.64. The zero-order valence-corrected chi connectivity index (χ0v) is 22.2. The molecular formula is C27H35ClN6O2. The second-order valence-electron chi connectivity index (χ2n) is 9.12. The average molecular weight is 511 g/mol. The molecule has 2 atom stereocenters. The third-order valence-corrected chi connectivity index (χ3v) is 6.99. The molecule has 0 amide bonds. The summed E-state index contributed by atoms with van der Waals surface area (Å²) < 4.78 is 11.9. The molecule has 0 aliphatic carbocycles. The maximum Gasteiger partial charge on any atom is 0.146 e. The molecule has 2 unspecified atom stereocenters. The fraction of sp³-hybridized carbons (Fsp3) is 0.407. The molecule has 36 heavy (non-hydrogen) atoms. The predicted octanol–water partition coefficient (Wildman–Crippen LogP) is 4.64. The number of nitrogens with one attached hydrogen (secondary N) is 2. The first kappa shape index (κ1) is 25.9. The number of rotatable bonds is 10. The minimum atomic E-state index is 0.0566. The molecule has 2 aliphatic rings. The van der Waals surface area contributed by atoms with E-state index in [1.54, 1.807) is 13.3 Å². The molecule has 2 heterocycles. The number of hydrogen-bond donors (Lipinski definition) is 2. The minimum Gasteiger partial charge on any atom is -0.494 e. The Kier molecular flexibility index (Phi) is 8.38. The Bertz CT molecular complexity index is 1150. The number of ether oxygens (including phenoxy) is 2. The van der Waals surface area contributed by atoms with Gasteiger partial charge in [0.25, 0.3) is 0 Å². The highest BCUT2D eigenvalue weighted by molar-refractivity contribution is 6.39. The monoisotopic (exact) mass is 510 g/mol. The molecule has 2 aromatic carbocycles. The van der Waals surface area contributed by atoms with E-state index in [2.05, 4.69) is 63.4 Å².